The van der Waals surface area contributed by atoms with Gasteiger partial charge in [-0.15, -0.1) is 0 Å². The standard InChI is InChI=1S/C28H34N2O2/c1-22-13-14-27(23(2)19-22)32-21-26(31)20-29-15-17-30(18-16-29)28(24-9-5-3-6-10-24)25-11-7-4-8-12-25/h3-14,19,26,28,31H,15-18,20-21H2,1-2H3. The van der Waals surface area contributed by atoms with E-state index < -0.39 is 6.10 Å². The van der Waals surface area contributed by atoms with Gasteiger partial charge < -0.3 is 9.84 Å². The van der Waals surface area contributed by atoms with Gasteiger partial charge in [-0.1, -0.05) is 78.4 Å². The molecule has 0 aliphatic carbocycles. The smallest absolute Gasteiger partial charge is 0.122 e. The molecule has 3 aromatic rings. The number of piperazine rings is 1. The van der Waals surface area contributed by atoms with Gasteiger partial charge in [0, 0.05) is 32.7 Å². The van der Waals surface area contributed by atoms with E-state index in [-0.39, 0.29) is 6.04 Å². The summed E-state index contributed by atoms with van der Waals surface area (Å²) in [5.74, 6) is 0.855. The average Bonchev–Trinajstić information content (AvgIpc) is 2.81. The summed E-state index contributed by atoms with van der Waals surface area (Å²) in [6, 6.07) is 27.9. The second-order valence-electron chi connectivity index (χ2n) is 8.79. The minimum Gasteiger partial charge on any atom is -0.491 e. The van der Waals surface area contributed by atoms with Crippen molar-refractivity contribution < 1.29 is 9.84 Å². The van der Waals surface area contributed by atoms with Crippen LogP contribution in [0.3, 0.4) is 0 Å². The van der Waals surface area contributed by atoms with Crippen molar-refractivity contribution in [1.82, 2.24) is 9.80 Å². The molecule has 32 heavy (non-hydrogen) atoms. The SMILES string of the molecule is Cc1ccc(OCC(O)CN2CCN(C(c3ccccc3)c3ccccc3)CC2)c(C)c1. The number of β-amino-alcohol motifs (C(OH)–C–C–N with tert-alkyl or cyclic N) is 1. The van der Waals surface area contributed by atoms with E-state index in [0.717, 1.165) is 37.5 Å². The Balaban J connectivity index is 1.32. The molecule has 0 spiro atoms. The van der Waals surface area contributed by atoms with E-state index in [1.54, 1.807) is 0 Å². The van der Waals surface area contributed by atoms with Crippen LogP contribution in [0.5, 0.6) is 5.75 Å². The summed E-state index contributed by atoms with van der Waals surface area (Å²) in [4.78, 5) is 4.90. The molecule has 1 fully saturated rings. The summed E-state index contributed by atoms with van der Waals surface area (Å²) in [6.45, 7) is 8.90. The van der Waals surface area contributed by atoms with E-state index in [0.29, 0.717) is 13.2 Å². The van der Waals surface area contributed by atoms with Crippen LogP contribution < -0.4 is 4.74 Å². The van der Waals surface area contributed by atoms with Gasteiger partial charge >= 0.3 is 0 Å². The van der Waals surface area contributed by atoms with Gasteiger partial charge in [-0.05, 0) is 36.6 Å². The molecular formula is C28H34N2O2. The predicted molar refractivity (Wildman–Crippen MR) is 130 cm³/mol. The van der Waals surface area contributed by atoms with Gasteiger partial charge in [0.05, 0.1) is 6.04 Å². The molecule has 4 nitrogen and oxygen atoms in total. The molecule has 4 rings (SSSR count). The van der Waals surface area contributed by atoms with Crippen molar-refractivity contribution >= 4 is 0 Å². The molecule has 0 radical (unpaired) electrons. The van der Waals surface area contributed by atoms with Crippen LogP contribution in [-0.2, 0) is 0 Å². The van der Waals surface area contributed by atoms with Crippen molar-refractivity contribution in [2.45, 2.75) is 26.0 Å². The summed E-state index contributed by atoms with van der Waals surface area (Å²) in [6.07, 6.45) is -0.499. The molecule has 0 bridgehead atoms. The average molecular weight is 431 g/mol. The second kappa shape index (κ2) is 10.8. The zero-order chi connectivity index (χ0) is 22.3. The maximum atomic E-state index is 10.6. The van der Waals surface area contributed by atoms with Crippen LogP contribution in [0.25, 0.3) is 0 Å². The second-order valence-corrected chi connectivity index (χ2v) is 8.79. The summed E-state index contributed by atoms with van der Waals surface area (Å²) in [7, 11) is 0. The van der Waals surface area contributed by atoms with Gasteiger partial charge in [-0.25, -0.2) is 0 Å². The Morgan fingerprint density at radius 1 is 0.812 bits per heavy atom. The minimum atomic E-state index is -0.499. The number of benzene rings is 3. The highest BCUT2D eigenvalue weighted by atomic mass is 16.5. The molecule has 1 aliphatic rings. The van der Waals surface area contributed by atoms with Crippen LogP contribution in [-0.4, -0.2) is 60.3 Å². The van der Waals surface area contributed by atoms with Gasteiger partial charge in [0.1, 0.15) is 18.5 Å². The summed E-state index contributed by atoms with van der Waals surface area (Å²) in [5.41, 5.74) is 4.99. The van der Waals surface area contributed by atoms with Crippen LogP contribution in [0, 0.1) is 13.8 Å². The maximum Gasteiger partial charge on any atom is 0.122 e. The molecule has 1 heterocycles. The number of aliphatic hydroxyl groups is 1. The highest BCUT2D eigenvalue weighted by molar-refractivity contribution is 5.35. The number of ether oxygens (including phenoxy) is 1. The molecule has 3 aromatic carbocycles. The van der Waals surface area contributed by atoms with Crippen LogP contribution in [0.1, 0.15) is 28.3 Å². The lowest BCUT2D eigenvalue weighted by Crippen LogP contribution is -2.50. The lowest BCUT2D eigenvalue weighted by atomic mass is 9.96. The summed E-state index contributed by atoms with van der Waals surface area (Å²) < 4.78 is 5.88. The first-order valence-electron chi connectivity index (χ1n) is 11.5. The minimum absolute atomic E-state index is 0.261. The molecule has 1 aliphatic heterocycles. The Morgan fingerprint density at radius 3 is 1.97 bits per heavy atom. The van der Waals surface area contributed by atoms with Crippen LogP contribution in [0.4, 0.5) is 0 Å². The quantitative estimate of drug-likeness (QED) is 0.573. The number of hydrogen-bond acceptors (Lipinski definition) is 4. The van der Waals surface area contributed by atoms with Crippen molar-refractivity contribution in [3.63, 3.8) is 0 Å². The monoisotopic (exact) mass is 430 g/mol. The Bertz CT molecular complexity index is 930. The van der Waals surface area contributed by atoms with E-state index in [2.05, 4.69) is 83.5 Å². The lowest BCUT2D eigenvalue weighted by molar-refractivity contribution is 0.0399. The molecule has 0 amide bonds. The van der Waals surface area contributed by atoms with Gasteiger partial charge in [0.25, 0.3) is 0 Å². The fraction of sp³-hybridized carbons (Fsp3) is 0.357. The van der Waals surface area contributed by atoms with Crippen LogP contribution >= 0.6 is 0 Å². The van der Waals surface area contributed by atoms with Gasteiger partial charge in [-0.3, -0.25) is 9.80 Å². The van der Waals surface area contributed by atoms with Crippen LogP contribution in [0.2, 0.25) is 0 Å². The molecule has 4 heteroatoms. The van der Waals surface area contributed by atoms with Crippen molar-refractivity contribution in [3.8, 4) is 5.75 Å². The third kappa shape index (κ3) is 5.77. The maximum absolute atomic E-state index is 10.6. The van der Waals surface area contributed by atoms with Gasteiger partial charge in [-0.2, -0.15) is 0 Å². The highest BCUT2D eigenvalue weighted by Crippen LogP contribution is 2.29. The van der Waals surface area contributed by atoms with Gasteiger partial charge in [0.15, 0.2) is 0 Å². The molecule has 1 saturated heterocycles. The Morgan fingerprint density at radius 2 is 1.41 bits per heavy atom. The molecule has 0 aromatic heterocycles. The van der Waals surface area contributed by atoms with Crippen molar-refractivity contribution in [1.29, 1.82) is 0 Å². The van der Waals surface area contributed by atoms with Gasteiger partial charge in [0.2, 0.25) is 0 Å². The largest absolute Gasteiger partial charge is 0.491 e. The molecular weight excluding hydrogens is 396 g/mol. The number of nitrogens with zero attached hydrogens (tertiary/aromatic N) is 2. The molecule has 1 N–H and O–H groups in total. The van der Waals surface area contributed by atoms with Crippen molar-refractivity contribution in [3.05, 3.63) is 101 Å². The fourth-order valence-electron chi connectivity index (χ4n) is 4.59. The molecule has 1 atom stereocenters. The normalized spacial score (nSPS) is 16.2. The Hall–Kier alpha value is -2.66. The number of aryl methyl sites for hydroxylation is 2. The lowest BCUT2D eigenvalue weighted by Gasteiger charge is -2.40. The van der Waals surface area contributed by atoms with Crippen LogP contribution in [0.15, 0.2) is 78.9 Å². The third-order valence-corrected chi connectivity index (χ3v) is 6.23. The fourth-order valence-corrected chi connectivity index (χ4v) is 4.59. The van der Waals surface area contributed by atoms with Crippen molar-refractivity contribution in [2.75, 3.05) is 39.3 Å². The predicted octanol–water partition coefficient (Wildman–Crippen LogP) is 4.45. The summed E-state index contributed by atoms with van der Waals surface area (Å²) >= 11 is 0. The Labute approximate surface area is 192 Å². The third-order valence-electron chi connectivity index (χ3n) is 6.23. The number of hydrogen-bond donors (Lipinski definition) is 1. The summed E-state index contributed by atoms with van der Waals surface area (Å²) in [5, 5.41) is 10.6. The Kier molecular flexibility index (Phi) is 7.59. The highest BCUT2D eigenvalue weighted by Gasteiger charge is 2.27. The molecule has 1 unspecified atom stereocenters. The van der Waals surface area contributed by atoms with E-state index >= 15 is 0 Å². The number of rotatable bonds is 8. The first kappa shape index (κ1) is 22.5. The molecule has 168 valence electrons. The zero-order valence-corrected chi connectivity index (χ0v) is 19.2. The number of aliphatic hydroxyl groups excluding tert-OH is 1. The van der Waals surface area contributed by atoms with E-state index in [1.165, 1.54) is 16.7 Å². The first-order chi connectivity index (χ1) is 15.6. The zero-order valence-electron chi connectivity index (χ0n) is 19.2. The van der Waals surface area contributed by atoms with E-state index in [9.17, 15) is 5.11 Å². The first-order valence-corrected chi connectivity index (χ1v) is 11.5. The topological polar surface area (TPSA) is 35.9 Å². The molecule has 0 saturated carbocycles. The van der Waals surface area contributed by atoms with E-state index in [1.807, 2.05) is 19.1 Å². The van der Waals surface area contributed by atoms with E-state index in [4.69, 9.17) is 4.74 Å². The van der Waals surface area contributed by atoms with Crippen molar-refractivity contribution in [2.24, 2.45) is 0 Å².